The van der Waals surface area contributed by atoms with Gasteiger partial charge in [-0.3, -0.25) is 9.59 Å². The number of nitrogens with zero attached hydrogens (tertiary/aromatic N) is 3. The number of aryl methyl sites for hydroxylation is 1. The second-order valence-corrected chi connectivity index (χ2v) is 6.64. The van der Waals surface area contributed by atoms with Gasteiger partial charge in [0.15, 0.2) is 5.69 Å². The Bertz CT molecular complexity index is 1100. The Labute approximate surface area is 169 Å². The van der Waals surface area contributed by atoms with Crippen LogP contribution in [-0.2, 0) is 6.54 Å². The third kappa shape index (κ3) is 4.51. The maximum atomic E-state index is 12.8. The lowest BCUT2D eigenvalue weighted by molar-refractivity contribution is 0.0949. The molecule has 0 atom stereocenters. The molecule has 3 aromatic rings. The van der Waals surface area contributed by atoms with E-state index in [9.17, 15) is 9.59 Å². The predicted molar refractivity (Wildman–Crippen MR) is 114 cm³/mol. The summed E-state index contributed by atoms with van der Waals surface area (Å²) < 4.78 is 6.51. The maximum Gasteiger partial charge on any atom is 0.292 e. The molecule has 150 valence electrons. The molecule has 0 saturated carbocycles. The minimum atomic E-state index is -0.459. The van der Waals surface area contributed by atoms with E-state index in [0.717, 1.165) is 24.2 Å². The summed E-state index contributed by atoms with van der Waals surface area (Å²) in [4.78, 5) is 25.5. The highest BCUT2D eigenvalue weighted by Crippen LogP contribution is 2.14. The molecule has 1 aromatic heterocycles. The largest absolute Gasteiger partial charge is 0.497 e. The van der Waals surface area contributed by atoms with Crippen molar-refractivity contribution in [2.75, 3.05) is 7.11 Å². The lowest BCUT2D eigenvalue weighted by Gasteiger charge is -2.10. The Hall–Kier alpha value is -3.48. The first-order valence-corrected chi connectivity index (χ1v) is 9.54. The van der Waals surface area contributed by atoms with Gasteiger partial charge in [-0.15, -0.1) is 0 Å². The first-order chi connectivity index (χ1) is 14.0. The minimum absolute atomic E-state index is 0.183. The van der Waals surface area contributed by atoms with Gasteiger partial charge in [-0.05, 0) is 49.2 Å². The van der Waals surface area contributed by atoms with Crippen molar-refractivity contribution < 1.29 is 9.53 Å². The van der Waals surface area contributed by atoms with Gasteiger partial charge in [0, 0.05) is 11.9 Å². The minimum Gasteiger partial charge on any atom is -0.497 e. The molecule has 0 aliphatic rings. The van der Waals surface area contributed by atoms with Crippen molar-refractivity contribution in [1.82, 2.24) is 15.2 Å². The van der Waals surface area contributed by atoms with Crippen LogP contribution >= 0.6 is 0 Å². The van der Waals surface area contributed by atoms with E-state index in [1.807, 2.05) is 31.2 Å². The molecule has 0 saturated heterocycles. The van der Waals surface area contributed by atoms with Gasteiger partial charge in [0.2, 0.25) is 0 Å². The van der Waals surface area contributed by atoms with E-state index >= 15 is 0 Å². The molecular weight excluding hydrogens is 368 g/mol. The number of methoxy groups -OCH3 is 1. The number of hydrogen-bond acceptors (Lipinski definition) is 5. The molecular formula is C22H24N4O3. The van der Waals surface area contributed by atoms with Gasteiger partial charge < -0.3 is 4.74 Å². The fraction of sp³-hybridized carbons (Fsp3) is 0.273. The van der Waals surface area contributed by atoms with Crippen LogP contribution in [0.5, 0.6) is 5.75 Å². The summed E-state index contributed by atoms with van der Waals surface area (Å²) in [7, 11) is 1.60. The number of aromatic nitrogens is 2. The first kappa shape index (κ1) is 20.3. The van der Waals surface area contributed by atoms with Crippen molar-refractivity contribution in [1.29, 1.82) is 0 Å². The Morgan fingerprint density at radius 1 is 1.14 bits per heavy atom. The highest BCUT2D eigenvalue weighted by molar-refractivity contribution is 6.06. The molecule has 0 bridgehead atoms. The Morgan fingerprint density at radius 2 is 1.83 bits per heavy atom. The van der Waals surface area contributed by atoms with Gasteiger partial charge in [-0.2, -0.15) is 10.2 Å². The van der Waals surface area contributed by atoms with E-state index < -0.39 is 5.91 Å². The van der Waals surface area contributed by atoms with Crippen molar-refractivity contribution in [3.05, 3.63) is 70.1 Å². The summed E-state index contributed by atoms with van der Waals surface area (Å²) in [5.41, 5.74) is 4.05. The molecule has 0 fully saturated rings. The van der Waals surface area contributed by atoms with Gasteiger partial charge in [0.05, 0.1) is 18.2 Å². The van der Waals surface area contributed by atoms with Crippen LogP contribution in [-0.4, -0.2) is 28.5 Å². The summed E-state index contributed by atoms with van der Waals surface area (Å²) in [5, 5.41) is 9.50. The summed E-state index contributed by atoms with van der Waals surface area (Å²) >= 11 is 0. The van der Waals surface area contributed by atoms with Crippen LogP contribution in [0, 0.1) is 0 Å². The van der Waals surface area contributed by atoms with E-state index in [0.29, 0.717) is 23.0 Å². The molecule has 0 aliphatic carbocycles. The summed E-state index contributed by atoms with van der Waals surface area (Å²) in [5.74, 6) is 0.287. The highest BCUT2D eigenvalue weighted by Gasteiger charge is 2.16. The Kier molecular flexibility index (Phi) is 6.39. The molecule has 0 radical (unpaired) electrons. The SMILES string of the molecule is CCCCn1nc(C(=O)N/N=C(\C)c2ccc(OC)cc2)c2ccccc2c1=O. The molecule has 2 aromatic carbocycles. The number of hydrazone groups is 1. The summed E-state index contributed by atoms with van der Waals surface area (Å²) in [6, 6.07) is 14.4. The van der Waals surface area contributed by atoms with Crippen LogP contribution in [0.2, 0.25) is 0 Å². The zero-order valence-corrected chi connectivity index (χ0v) is 16.8. The number of ether oxygens (including phenoxy) is 1. The molecule has 0 unspecified atom stereocenters. The molecule has 1 N–H and O–H groups in total. The normalized spacial score (nSPS) is 11.5. The van der Waals surface area contributed by atoms with Crippen LogP contribution in [0.25, 0.3) is 10.8 Å². The van der Waals surface area contributed by atoms with Crippen LogP contribution in [0.3, 0.4) is 0 Å². The zero-order chi connectivity index (χ0) is 20.8. The van der Waals surface area contributed by atoms with Crippen molar-refractivity contribution >= 4 is 22.4 Å². The standard InChI is InChI=1S/C22H24N4O3/c1-4-5-14-26-22(28)19-9-7-6-8-18(19)20(25-26)21(27)24-23-15(2)16-10-12-17(29-3)13-11-16/h6-13H,4-5,14H2,1-3H3,(H,24,27)/b23-15+. The fourth-order valence-corrected chi connectivity index (χ4v) is 2.95. The second-order valence-electron chi connectivity index (χ2n) is 6.64. The van der Waals surface area contributed by atoms with Crippen molar-refractivity contribution in [2.24, 2.45) is 5.10 Å². The van der Waals surface area contributed by atoms with E-state index in [4.69, 9.17) is 4.74 Å². The molecule has 1 heterocycles. The van der Waals surface area contributed by atoms with Gasteiger partial charge in [-0.1, -0.05) is 31.5 Å². The molecule has 7 nitrogen and oxygen atoms in total. The van der Waals surface area contributed by atoms with Gasteiger partial charge >= 0.3 is 0 Å². The molecule has 3 rings (SSSR count). The van der Waals surface area contributed by atoms with Crippen molar-refractivity contribution in [3.8, 4) is 5.75 Å². The van der Waals surface area contributed by atoms with Gasteiger partial charge in [-0.25, -0.2) is 10.1 Å². The molecule has 1 amide bonds. The lowest BCUT2D eigenvalue weighted by Crippen LogP contribution is -2.29. The summed E-state index contributed by atoms with van der Waals surface area (Å²) in [6.07, 6.45) is 1.73. The number of carbonyl (C=O) groups excluding carboxylic acids is 1. The number of nitrogens with one attached hydrogen (secondary N) is 1. The van der Waals surface area contributed by atoms with Crippen LogP contribution in [0.1, 0.15) is 42.7 Å². The van der Waals surface area contributed by atoms with Crippen molar-refractivity contribution in [3.63, 3.8) is 0 Å². The molecule has 7 heteroatoms. The molecule has 0 aliphatic heterocycles. The lowest BCUT2D eigenvalue weighted by atomic mass is 10.1. The number of benzene rings is 2. The van der Waals surface area contributed by atoms with E-state index in [1.165, 1.54) is 4.68 Å². The predicted octanol–water partition coefficient (Wildman–Crippen LogP) is 3.36. The number of unbranched alkanes of at least 4 members (excludes halogenated alkanes) is 1. The number of rotatable bonds is 7. The summed E-state index contributed by atoms with van der Waals surface area (Å²) in [6.45, 7) is 4.31. The number of fused-ring (bicyclic) bond motifs is 1. The Morgan fingerprint density at radius 3 is 2.48 bits per heavy atom. The van der Waals surface area contributed by atoms with E-state index in [1.54, 1.807) is 38.3 Å². The Balaban J connectivity index is 1.91. The smallest absolute Gasteiger partial charge is 0.292 e. The monoisotopic (exact) mass is 392 g/mol. The zero-order valence-electron chi connectivity index (χ0n) is 16.8. The second kappa shape index (κ2) is 9.14. The maximum absolute atomic E-state index is 12.8. The van der Waals surface area contributed by atoms with Crippen LogP contribution in [0.4, 0.5) is 0 Å². The highest BCUT2D eigenvalue weighted by atomic mass is 16.5. The van der Waals surface area contributed by atoms with Gasteiger partial charge in [0.1, 0.15) is 5.75 Å². The number of hydrogen-bond donors (Lipinski definition) is 1. The average molecular weight is 392 g/mol. The average Bonchev–Trinajstić information content (AvgIpc) is 2.77. The van der Waals surface area contributed by atoms with E-state index in [-0.39, 0.29) is 11.3 Å². The third-order valence-electron chi connectivity index (χ3n) is 4.64. The van der Waals surface area contributed by atoms with E-state index in [2.05, 4.69) is 15.6 Å². The van der Waals surface area contributed by atoms with Crippen LogP contribution in [0.15, 0.2) is 58.4 Å². The number of carbonyl (C=O) groups is 1. The topological polar surface area (TPSA) is 85.6 Å². The van der Waals surface area contributed by atoms with Gasteiger partial charge in [0.25, 0.3) is 11.5 Å². The quantitative estimate of drug-likeness (QED) is 0.493. The fourth-order valence-electron chi connectivity index (χ4n) is 2.95. The van der Waals surface area contributed by atoms with Crippen molar-refractivity contribution in [2.45, 2.75) is 33.2 Å². The van der Waals surface area contributed by atoms with Crippen LogP contribution < -0.4 is 15.7 Å². The third-order valence-corrected chi connectivity index (χ3v) is 4.64. The number of amides is 1. The first-order valence-electron chi connectivity index (χ1n) is 9.54. The molecule has 29 heavy (non-hydrogen) atoms. The molecule has 0 spiro atoms.